The second kappa shape index (κ2) is 17.5. The summed E-state index contributed by atoms with van der Waals surface area (Å²) in [4.78, 5) is 10.5. The summed E-state index contributed by atoms with van der Waals surface area (Å²) in [6.07, 6.45) is -0.0770. The minimum atomic E-state index is -0.0770. The Morgan fingerprint density at radius 1 is 0.324 bits per heavy atom. The number of fused-ring (bicyclic) bond motifs is 3. The fourth-order valence-electron chi connectivity index (χ4n) is 10.2. The van der Waals surface area contributed by atoms with Crippen molar-refractivity contribution in [2.75, 3.05) is 11.9 Å². The molecule has 3 nitrogen and oxygen atoms in total. The molecule has 0 saturated carbocycles. The number of nitrogens with zero attached hydrogens (tertiary/aromatic N) is 3. The topological polar surface area (TPSA) is 19.4 Å². The molecule has 0 amide bonds. The zero-order valence-electron chi connectivity index (χ0n) is 37.7. The summed E-state index contributed by atoms with van der Waals surface area (Å²) in [5.41, 5.74) is 19.4. The molecule has 2 heterocycles. The van der Waals surface area contributed by atoms with Gasteiger partial charge in [0, 0.05) is 40.2 Å². The van der Waals surface area contributed by atoms with Gasteiger partial charge in [0.15, 0.2) is 0 Å². The van der Waals surface area contributed by atoms with Gasteiger partial charge in [-0.15, -0.1) is 0 Å². The highest BCUT2D eigenvalue weighted by Gasteiger charge is 2.39. The molecule has 0 bridgehead atoms. The maximum Gasteiger partial charge on any atom is 0.132 e. The third-order valence-electron chi connectivity index (χ3n) is 13.5. The van der Waals surface area contributed by atoms with E-state index in [2.05, 4.69) is 278 Å². The minimum absolute atomic E-state index is 0.0770. The van der Waals surface area contributed by atoms with Crippen molar-refractivity contribution < 1.29 is 0 Å². The number of hydrogen-bond acceptors (Lipinski definition) is 3. The molecule has 11 aromatic rings. The third kappa shape index (κ3) is 7.41. The lowest BCUT2D eigenvalue weighted by Gasteiger charge is -2.33. The molecule has 0 spiro atoms. The lowest BCUT2D eigenvalue weighted by atomic mass is 9.90. The first-order chi connectivity index (χ1) is 33.7. The van der Waals surface area contributed by atoms with Crippen molar-refractivity contribution in [1.82, 2.24) is 9.88 Å². The Hall–Kier alpha value is -8.79. The number of aromatic nitrogens is 1. The standard InChI is InChI=1S/C65H47N3/c1-67-63(52-23-11-4-12-24-52)64(53-25-13-5-14-26-53)68(65(67)54-27-15-6-16-28-54)55-41-39-51(40-42-55)61-44-59(50-37-33-48(34-38-50)46-21-9-3-10-22-46)60-43-58(56-29-17-18-30-57(56)62(60)66-61)49-35-31-47(32-36-49)45-19-7-2-8-20-45/h2-44,65H,1H3. The van der Waals surface area contributed by atoms with Crippen molar-refractivity contribution in [3.8, 4) is 55.8 Å². The van der Waals surface area contributed by atoms with E-state index in [4.69, 9.17) is 4.98 Å². The summed E-state index contributed by atoms with van der Waals surface area (Å²) in [7, 11) is 2.22. The van der Waals surface area contributed by atoms with Gasteiger partial charge in [-0.05, 0) is 79.7 Å². The van der Waals surface area contributed by atoms with Gasteiger partial charge in [0.2, 0.25) is 0 Å². The summed E-state index contributed by atoms with van der Waals surface area (Å²) in [6.45, 7) is 0. The Morgan fingerprint density at radius 2 is 0.721 bits per heavy atom. The second-order valence-electron chi connectivity index (χ2n) is 17.5. The molecular weight excluding hydrogens is 823 g/mol. The maximum atomic E-state index is 5.60. The van der Waals surface area contributed by atoms with Crippen LogP contribution >= 0.6 is 0 Å². The highest BCUT2D eigenvalue weighted by molar-refractivity contribution is 6.16. The Labute approximate surface area is 398 Å². The number of benzene rings is 10. The van der Waals surface area contributed by atoms with E-state index in [1.54, 1.807) is 0 Å². The molecule has 1 atom stereocenters. The molecule has 0 aliphatic carbocycles. The number of hydrogen-bond donors (Lipinski definition) is 0. The number of pyridine rings is 1. The van der Waals surface area contributed by atoms with E-state index in [0.717, 1.165) is 44.4 Å². The first-order valence-electron chi connectivity index (χ1n) is 23.4. The van der Waals surface area contributed by atoms with Crippen molar-refractivity contribution >= 4 is 38.8 Å². The predicted molar refractivity (Wildman–Crippen MR) is 286 cm³/mol. The Bertz CT molecular complexity index is 3570. The minimum Gasteiger partial charge on any atom is -0.348 e. The Kier molecular flexibility index (Phi) is 10.5. The van der Waals surface area contributed by atoms with Crippen molar-refractivity contribution in [2.45, 2.75) is 6.17 Å². The van der Waals surface area contributed by atoms with Crippen LogP contribution in [0.2, 0.25) is 0 Å². The molecule has 0 N–H and O–H groups in total. The number of rotatable bonds is 9. The molecule has 0 fully saturated rings. The zero-order chi connectivity index (χ0) is 45.4. The summed E-state index contributed by atoms with van der Waals surface area (Å²) < 4.78 is 0. The summed E-state index contributed by atoms with van der Waals surface area (Å²) in [6, 6.07) is 94.1. The van der Waals surface area contributed by atoms with Gasteiger partial charge >= 0.3 is 0 Å². The molecule has 322 valence electrons. The second-order valence-corrected chi connectivity index (χ2v) is 17.5. The van der Waals surface area contributed by atoms with Crippen LogP contribution in [0, 0.1) is 0 Å². The van der Waals surface area contributed by atoms with Gasteiger partial charge in [-0.3, -0.25) is 0 Å². The van der Waals surface area contributed by atoms with E-state index in [1.165, 1.54) is 66.9 Å². The van der Waals surface area contributed by atoms with Crippen molar-refractivity contribution in [2.24, 2.45) is 0 Å². The average Bonchev–Trinajstić information content (AvgIpc) is 3.74. The van der Waals surface area contributed by atoms with Crippen LogP contribution in [0.15, 0.2) is 261 Å². The summed E-state index contributed by atoms with van der Waals surface area (Å²) in [5, 5.41) is 3.43. The third-order valence-corrected chi connectivity index (χ3v) is 13.5. The molecule has 1 aliphatic rings. The molecular formula is C65H47N3. The Morgan fingerprint density at radius 3 is 1.25 bits per heavy atom. The molecule has 1 aromatic heterocycles. The quantitative estimate of drug-likeness (QED) is 0.135. The zero-order valence-corrected chi connectivity index (χ0v) is 37.7. The van der Waals surface area contributed by atoms with Crippen LogP contribution in [-0.2, 0) is 0 Å². The first kappa shape index (κ1) is 40.7. The van der Waals surface area contributed by atoms with E-state index in [-0.39, 0.29) is 6.17 Å². The van der Waals surface area contributed by atoms with Crippen molar-refractivity contribution in [1.29, 1.82) is 0 Å². The summed E-state index contributed by atoms with van der Waals surface area (Å²) in [5.74, 6) is 0. The van der Waals surface area contributed by atoms with Crippen molar-refractivity contribution in [3.05, 3.63) is 278 Å². The lowest BCUT2D eigenvalue weighted by molar-refractivity contribution is 0.385. The van der Waals surface area contributed by atoms with Gasteiger partial charge in [-0.1, -0.05) is 237 Å². The molecule has 0 saturated heterocycles. The van der Waals surface area contributed by atoms with Gasteiger partial charge in [0.25, 0.3) is 0 Å². The van der Waals surface area contributed by atoms with Crippen LogP contribution < -0.4 is 4.90 Å². The van der Waals surface area contributed by atoms with Crippen LogP contribution in [0.25, 0.3) is 88.8 Å². The molecule has 1 unspecified atom stereocenters. The molecule has 68 heavy (non-hydrogen) atoms. The predicted octanol–water partition coefficient (Wildman–Crippen LogP) is 16.7. The van der Waals surface area contributed by atoms with Gasteiger partial charge in [0.1, 0.15) is 6.17 Å². The maximum absolute atomic E-state index is 5.60. The van der Waals surface area contributed by atoms with Crippen LogP contribution in [0.1, 0.15) is 22.9 Å². The first-order valence-corrected chi connectivity index (χ1v) is 23.4. The van der Waals surface area contributed by atoms with E-state index >= 15 is 0 Å². The molecule has 10 aromatic carbocycles. The van der Waals surface area contributed by atoms with E-state index in [1.807, 2.05) is 0 Å². The van der Waals surface area contributed by atoms with Crippen LogP contribution in [0.3, 0.4) is 0 Å². The fourth-order valence-corrected chi connectivity index (χ4v) is 10.2. The number of anilines is 1. The van der Waals surface area contributed by atoms with Crippen LogP contribution in [0.5, 0.6) is 0 Å². The highest BCUT2D eigenvalue weighted by Crippen LogP contribution is 2.50. The van der Waals surface area contributed by atoms with Gasteiger partial charge < -0.3 is 9.80 Å². The van der Waals surface area contributed by atoms with Crippen LogP contribution in [-0.4, -0.2) is 16.9 Å². The molecule has 12 rings (SSSR count). The molecule has 3 heteroatoms. The summed E-state index contributed by atoms with van der Waals surface area (Å²) >= 11 is 0. The molecule has 0 radical (unpaired) electrons. The highest BCUT2D eigenvalue weighted by atomic mass is 15.4. The monoisotopic (exact) mass is 869 g/mol. The normalized spacial score (nSPS) is 13.7. The van der Waals surface area contributed by atoms with E-state index < -0.39 is 0 Å². The van der Waals surface area contributed by atoms with Crippen LogP contribution in [0.4, 0.5) is 5.69 Å². The lowest BCUT2D eigenvalue weighted by Crippen LogP contribution is -2.30. The van der Waals surface area contributed by atoms with Gasteiger partial charge in [-0.2, -0.15) is 0 Å². The van der Waals surface area contributed by atoms with Gasteiger partial charge in [0.05, 0.1) is 22.6 Å². The smallest absolute Gasteiger partial charge is 0.132 e. The fraction of sp³-hybridized carbons (Fsp3) is 0.0308. The Balaban J connectivity index is 1.02. The van der Waals surface area contributed by atoms with E-state index in [9.17, 15) is 0 Å². The van der Waals surface area contributed by atoms with E-state index in [0.29, 0.717) is 0 Å². The van der Waals surface area contributed by atoms with Gasteiger partial charge in [-0.25, -0.2) is 4.98 Å². The average molecular weight is 870 g/mol. The largest absolute Gasteiger partial charge is 0.348 e. The SMILES string of the molecule is CN1C(c2ccccc2)=C(c2ccccc2)N(c2ccc(-c3cc(-c4ccc(-c5ccccc5)cc4)c4cc(-c5ccc(-c6ccccc6)cc5)c5ccccc5c4n3)cc2)C1c1ccccc1. The molecule has 1 aliphatic heterocycles. The van der Waals surface area contributed by atoms with Crippen molar-refractivity contribution in [3.63, 3.8) is 0 Å².